The van der Waals surface area contributed by atoms with E-state index in [-0.39, 0.29) is 23.6 Å². The van der Waals surface area contributed by atoms with Gasteiger partial charge in [-0.3, -0.25) is 9.48 Å². The second kappa shape index (κ2) is 9.65. The number of phenolic OH excluding ortho intramolecular Hbond substituents is 1. The van der Waals surface area contributed by atoms with Crippen molar-refractivity contribution in [3.05, 3.63) is 54.4 Å². The molecule has 0 aliphatic carbocycles. The average Bonchev–Trinajstić information content (AvgIpc) is 3.43. The maximum atomic E-state index is 12.6. The Morgan fingerprint density at radius 1 is 1.14 bits per heavy atom. The summed E-state index contributed by atoms with van der Waals surface area (Å²) in [6.45, 7) is 6.09. The van der Waals surface area contributed by atoms with Gasteiger partial charge in [0.25, 0.3) is 5.91 Å². The van der Waals surface area contributed by atoms with Crippen LogP contribution in [0.5, 0.6) is 5.75 Å². The number of carboxylic acids is 1. The zero-order chi connectivity index (χ0) is 26.0. The summed E-state index contributed by atoms with van der Waals surface area (Å²) < 4.78 is 33.5. The molecule has 0 saturated heterocycles. The predicted molar refractivity (Wildman–Crippen MR) is 121 cm³/mol. The number of fused-ring (bicyclic) bond motifs is 1. The number of nitrogens with one attached hydrogen (secondary N) is 1. The van der Waals surface area contributed by atoms with Crippen molar-refractivity contribution >= 4 is 34.0 Å². The van der Waals surface area contributed by atoms with Crippen molar-refractivity contribution in [3.63, 3.8) is 0 Å². The summed E-state index contributed by atoms with van der Waals surface area (Å²) in [5, 5.41) is 30.5. The van der Waals surface area contributed by atoms with Gasteiger partial charge in [0.05, 0.1) is 23.1 Å². The molecule has 9 nitrogen and oxygen atoms in total. The Morgan fingerprint density at radius 3 is 2.40 bits per heavy atom. The van der Waals surface area contributed by atoms with Crippen LogP contribution < -0.4 is 5.32 Å². The van der Waals surface area contributed by atoms with Gasteiger partial charge in [-0.05, 0) is 37.6 Å². The Labute approximate surface area is 197 Å². The standard InChI is InChI=1S/C21H22N4O3.C2HF3O2/c1-21(2,3)25-12-14(11-22-25)23-20(27)18-10-16(24-28-18)19-15-7-5-4-6-13(15)8-9-17(19)26;3-2(4,5)1(6)7/h4-9,11-12,18,26H,10H2,1-3H3,(H,23,27);(H,6,7). The van der Waals surface area contributed by atoms with E-state index in [1.807, 2.05) is 51.1 Å². The van der Waals surface area contributed by atoms with Crippen LogP contribution in [0.25, 0.3) is 10.8 Å². The first-order valence-corrected chi connectivity index (χ1v) is 10.4. The van der Waals surface area contributed by atoms with E-state index >= 15 is 0 Å². The summed E-state index contributed by atoms with van der Waals surface area (Å²) >= 11 is 0. The van der Waals surface area contributed by atoms with Crippen LogP contribution in [-0.2, 0) is 20.0 Å². The normalized spacial score (nSPS) is 15.6. The van der Waals surface area contributed by atoms with Gasteiger partial charge in [0.1, 0.15) is 5.75 Å². The Hall–Kier alpha value is -4.09. The highest BCUT2D eigenvalue weighted by Gasteiger charge is 2.38. The topological polar surface area (TPSA) is 126 Å². The number of aliphatic carboxylic acids is 1. The van der Waals surface area contributed by atoms with E-state index in [9.17, 15) is 23.1 Å². The molecule has 0 spiro atoms. The summed E-state index contributed by atoms with van der Waals surface area (Å²) in [4.78, 5) is 26.9. The first kappa shape index (κ1) is 25.5. The number of rotatable bonds is 3. The van der Waals surface area contributed by atoms with Crippen LogP contribution >= 0.6 is 0 Å². The quantitative estimate of drug-likeness (QED) is 0.502. The third kappa shape index (κ3) is 6.08. The van der Waals surface area contributed by atoms with E-state index < -0.39 is 18.2 Å². The molecular weight excluding hydrogens is 469 g/mol. The second-order valence-corrected chi connectivity index (χ2v) is 8.65. The van der Waals surface area contributed by atoms with Crippen LogP contribution in [0.1, 0.15) is 32.8 Å². The molecular formula is C23H23F3N4O5. The number of carbonyl (C=O) groups excluding carboxylic acids is 1. The summed E-state index contributed by atoms with van der Waals surface area (Å²) in [5.74, 6) is -2.94. The molecule has 3 aromatic rings. The van der Waals surface area contributed by atoms with Crippen molar-refractivity contribution in [1.82, 2.24) is 9.78 Å². The van der Waals surface area contributed by atoms with E-state index in [1.165, 1.54) is 0 Å². The lowest BCUT2D eigenvalue weighted by molar-refractivity contribution is -0.192. The van der Waals surface area contributed by atoms with E-state index in [0.717, 1.165) is 10.8 Å². The van der Waals surface area contributed by atoms with Crippen LogP contribution in [0.4, 0.5) is 18.9 Å². The van der Waals surface area contributed by atoms with Crippen molar-refractivity contribution in [2.24, 2.45) is 5.16 Å². The Morgan fingerprint density at radius 2 is 1.80 bits per heavy atom. The first-order valence-electron chi connectivity index (χ1n) is 10.4. The number of carbonyl (C=O) groups is 2. The molecule has 0 bridgehead atoms. The number of carboxylic acid groups (broad SMARTS) is 1. The Bertz CT molecular complexity index is 1280. The van der Waals surface area contributed by atoms with E-state index in [4.69, 9.17) is 14.7 Å². The number of amides is 1. The summed E-state index contributed by atoms with van der Waals surface area (Å²) in [7, 11) is 0. The summed E-state index contributed by atoms with van der Waals surface area (Å²) in [6.07, 6.45) is -2.17. The number of aromatic nitrogens is 2. The molecule has 1 unspecified atom stereocenters. The predicted octanol–water partition coefficient (Wildman–Crippen LogP) is 4.26. The zero-order valence-electron chi connectivity index (χ0n) is 19.0. The van der Waals surface area contributed by atoms with Crippen molar-refractivity contribution in [1.29, 1.82) is 0 Å². The number of phenols is 1. The minimum absolute atomic E-state index is 0.119. The molecule has 1 amide bonds. The second-order valence-electron chi connectivity index (χ2n) is 8.65. The van der Waals surface area contributed by atoms with Crippen molar-refractivity contribution in [2.75, 3.05) is 5.32 Å². The highest BCUT2D eigenvalue weighted by molar-refractivity contribution is 6.15. The van der Waals surface area contributed by atoms with Gasteiger partial charge in [0.15, 0.2) is 0 Å². The van der Waals surface area contributed by atoms with Gasteiger partial charge < -0.3 is 20.4 Å². The van der Waals surface area contributed by atoms with Gasteiger partial charge in [-0.25, -0.2) is 4.79 Å². The lowest BCUT2D eigenvalue weighted by Crippen LogP contribution is -2.28. The highest BCUT2D eigenvalue weighted by atomic mass is 19.4. The third-order valence-corrected chi connectivity index (χ3v) is 4.94. The molecule has 12 heteroatoms. The molecule has 2 heterocycles. The van der Waals surface area contributed by atoms with Crippen LogP contribution in [0.3, 0.4) is 0 Å². The molecule has 1 atom stereocenters. The first-order chi connectivity index (χ1) is 16.3. The number of halogens is 3. The number of aromatic hydroxyl groups is 1. The van der Waals surface area contributed by atoms with Crippen molar-refractivity contribution < 1.29 is 37.8 Å². The molecule has 35 heavy (non-hydrogen) atoms. The number of hydrogen-bond donors (Lipinski definition) is 3. The fourth-order valence-electron chi connectivity index (χ4n) is 3.21. The van der Waals surface area contributed by atoms with Crippen molar-refractivity contribution in [3.8, 4) is 5.75 Å². The highest BCUT2D eigenvalue weighted by Crippen LogP contribution is 2.31. The van der Waals surface area contributed by atoms with E-state index in [1.54, 1.807) is 23.1 Å². The van der Waals surface area contributed by atoms with Crippen molar-refractivity contribution in [2.45, 2.75) is 45.0 Å². The molecule has 1 aliphatic heterocycles. The molecule has 1 aliphatic rings. The maximum absolute atomic E-state index is 12.6. The molecule has 1 aromatic heterocycles. The molecule has 0 saturated carbocycles. The Balaban J connectivity index is 0.000000429. The molecule has 4 rings (SSSR count). The van der Waals surface area contributed by atoms with Crippen LogP contribution in [-0.4, -0.2) is 49.9 Å². The van der Waals surface area contributed by atoms with Gasteiger partial charge in [0.2, 0.25) is 6.10 Å². The smallest absolute Gasteiger partial charge is 0.490 e. The van der Waals surface area contributed by atoms with Gasteiger partial charge in [-0.1, -0.05) is 35.5 Å². The SMILES string of the molecule is CC(C)(C)n1cc(NC(=O)C2CC(c3c(O)ccc4ccccc34)=NO2)cn1.O=C(O)C(F)(F)F. The van der Waals surface area contributed by atoms with E-state index in [2.05, 4.69) is 15.6 Å². The minimum Gasteiger partial charge on any atom is -0.507 e. The number of nitrogens with zero attached hydrogens (tertiary/aromatic N) is 3. The summed E-state index contributed by atoms with van der Waals surface area (Å²) in [6, 6.07) is 11.2. The maximum Gasteiger partial charge on any atom is 0.490 e. The summed E-state index contributed by atoms with van der Waals surface area (Å²) in [5.41, 5.74) is 1.59. The molecule has 0 fully saturated rings. The fourth-order valence-corrected chi connectivity index (χ4v) is 3.21. The largest absolute Gasteiger partial charge is 0.507 e. The third-order valence-electron chi connectivity index (χ3n) is 4.94. The zero-order valence-corrected chi connectivity index (χ0v) is 19.0. The molecule has 2 aromatic carbocycles. The minimum atomic E-state index is -5.08. The van der Waals surface area contributed by atoms with Crippen LogP contribution in [0, 0.1) is 0 Å². The molecule has 186 valence electrons. The van der Waals surface area contributed by atoms with Gasteiger partial charge >= 0.3 is 12.1 Å². The fraction of sp³-hybridized carbons (Fsp3) is 0.304. The van der Waals surface area contributed by atoms with Crippen LogP contribution in [0.15, 0.2) is 53.9 Å². The van der Waals surface area contributed by atoms with Crippen LogP contribution in [0.2, 0.25) is 0 Å². The lowest BCUT2D eigenvalue weighted by Gasteiger charge is -2.18. The Kier molecular flexibility index (Phi) is 7.04. The number of hydrogen-bond acceptors (Lipinski definition) is 6. The monoisotopic (exact) mass is 492 g/mol. The number of benzene rings is 2. The molecule has 0 radical (unpaired) electrons. The van der Waals surface area contributed by atoms with Gasteiger partial charge in [-0.2, -0.15) is 18.3 Å². The average molecular weight is 492 g/mol. The van der Waals surface area contributed by atoms with Gasteiger partial charge in [0, 0.05) is 18.2 Å². The number of anilines is 1. The van der Waals surface area contributed by atoms with E-state index in [0.29, 0.717) is 17.0 Å². The number of alkyl halides is 3. The molecule has 3 N–H and O–H groups in total. The van der Waals surface area contributed by atoms with Gasteiger partial charge in [-0.15, -0.1) is 0 Å². The number of oxime groups is 1. The lowest BCUT2D eigenvalue weighted by atomic mass is 9.97.